The summed E-state index contributed by atoms with van der Waals surface area (Å²) in [5, 5.41) is 0. The summed E-state index contributed by atoms with van der Waals surface area (Å²) >= 11 is 1.46. The Kier molecular flexibility index (Phi) is 5.80. The standard InChI is InChI=1S/C16H22N2O2S/c1-12-9-15(21-14(12)6-3-7-17)16(19)18-8-4-5-13(10-18)11-20-2/h9,13H,4-5,7-8,10-11,17H2,1-2H3. The highest BCUT2D eigenvalue weighted by Crippen LogP contribution is 2.25. The molecule has 2 heterocycles. The van der Waals surface area contributed by atoms with Gasteiger partial charge in [0.15, 0.2) is 0 Å². The van der Waals surface area contributed by atoms with Gasteiger partial charge >= 0.3 is 0 Å². The molecule has 1 aromatic heterocycles. The van der Waals surface area contributed by atoms with Crippen molar-refractivity contribution in [2.75, 3.05) is 33.4 Å². The van der Waals surface area contributed by atoms with Gasteiger partial charge in [-0.15, -0.1) is 11.3 Å². The molecule has 1 aromatic rings. The second-order valence-corrected chi connectivity index (χ2v) is 6.40. The predicted octanol–water partition coefficient (Wildman–Crippen LogP) is 1.87. The first kappa shape index (κ1) is 16.0. The lowest BCUT2D eigenvalue weighted by atomic mass is 9.99. The van der Waals surface area contributed by atoms with Crippen LogP contribution >= 0.6 is 11.3 Å². The van der Waals surface area contributed by atoms with Crippen molar-refractivity contribution in [3.05, 3.63) is 21.4 Å². The van der Waals surface area contributed by atoms with E-state index in [1.54, 1.807) is 7.11 Å². The van der Waals surface area contributed by atoms with E-state index >= 15 is 0 Å². The van der Waals surface area contributed by atoms with Crippen LogP contribution in [0.1, 0.15) is 33.0 Å². The van der Waals surface area contributed by atoms with Gasteiger partial charge in [-0.3, -0.25) is 4.79 Å². The van der Waals surface area contributed by atoms with Crippen molar-refractivity contribution in [1.82, 2.24) is 4.90 Å². The number of nitrogens with two attached hydrogens (primary N) is 1. The monoisotopic (exact) mass is 306 g/mol. The minimum Gasteiger partial charge on any atom is -0.384 e. The number of rotatable bonds is 3. The highest BCUT2D eigenvalue weighted by Gasteiger charge is 2.25. The van der Waals surface area contributed by atoms with Crippen LogP contribution < -0.4 is 5.73 Å². The molecule has 1 amide bonds. The average Bonchev–Trinajstić information content (AvgIpc) is 2.86. The van der Waals surface area contributed by atoms with E-state index < -0.39 is 0 Å². The number of hydrogen-bond acceptors (Lipinski definition) is 4. The third kappa shape index (κ3) is 4.07. The highest BCUT2D eigenvalue weighted by atomic mass is 32.1. The minimum atomic E-state index is 0.115. The second kappa shape index (κ2) is 7.60. The Balaban J connectivity index is 2.09. The lowest BCUT2D eigenvalue weighted by Crippen LogP contribution is -2.40. The average molecular weight is 306 g/mol. The molecule has 1 unspecified atom stereocenters. The maximum atomic E-state index is 12.6. The summed E-state index contributed by atoms with van der Waals surface area (Å²) in [7, 11) is 1.71. The number of carbonyl (C=O) groups is 1. The van der Waals surface area contributed by atoms with E-state index in [2.05, 4.69) is 11.8 Å². The summed E-state index contributed by atoms with van der Waals surface area (Å²) in [4.78, 5) is 16.3. The fourth-order valence-electron chi connectivity index (χ4n) is 2.62. The molecule has 0 bridgehead atoms. The van der Waals surface area contributed by atoms with Crippen molar-refractivity contribution in [3.63, 3.8) is 0 Å². The summed E-state index contributed by atoms with van der Waals surface area (Å²) in [5.41, 5.74) is 6.45. The molecule has 0 aromatic carbocycles. The molecule has 1 fully saturated rings. The molecule has 114 valence electrons. The number of aryl methyl sites for hydroxylation is 1. The lowest BCUT2D eigenvalue weighted by molar-refractivity contribution is 0.0575. The van der Waals surface area contributed by atoms with Crippen LogP contribution in [0.4, 0.5) is 0 Å². The van der Waals surface area contributed by atoms with Gasteiger partial charge in [-0.2, -0.15) is 0 Å². The first-order valence-corrected chi connectivity index (χ1v) is 8.05. The molecule has 0 spiro atoms. The molecule has 4 nitrogen and oxygen atoms in total. The Hall–Kier alpha value is -1.35. The Labute approximate surface area is 130 Å². The molecule has 5 heteroatoms. The fraction of sp³-hybridized carbons (Fsp3) is 0.562. The van der Waals surface area contributed by atoms with E-state index in [-0.39, 0.29) is 5.91 Å². The Morgan fingerprint density at radius 2 is 2.43 bits per heavy atom. The molecule has 21 heavy (non-hydrogen) atoms. The zero-order valence-electron chi connectivity index (χ0n) is 12.6. The van der Waals surface area contributed by atoms with Crippen LogP contribution in [-0.4, -0.2) is 44.2 Å². The van der Waals surface area contributed by atoms with Gasteiger partial charge in [0.1, 0.15) is 0 Å². The molecule has 1 saturated heterocycles. The molecular formula is C16H22N2O2S. The van der Waals surface area contributed by atoms with E-state index in [9.17, 15) is 4.79 Å². The summed E-state index contributed by atoms with van der Waals surface area (Å²) in [5.74, 6) is 6.45. The minimum absolute atomic E-state index is 0.115. The van der Waals surface area contributed by atoms with Crippen LogP contribution in [0.5, 0.6) is 0 Å². The second-order valence-electron chi connectivity index (χ2n) is 5.34. The number of hydrogen-bond donors (Lipinski definition) is 1. The largest absolute Gasteiger partial charge is 0.384 e. The number of carbonyl (C=O) groups excluding carboxylic acids is 1. The lowest BCUT2D eigenvalue weighted by Gasteiger charge is -2.32. The molecular weight excluding hydrogens is 284 g/mol. The number of methoxy groups -OCH3 is 1. The van der Waals surface area contributed by atoms with Crippen molar-refractivity contribution in [2.45, 2.75) is 19.8 Å². The van der Waals surface area contributed by atoms with Crippen LogP contribution in [0.25, 0.3) is 0 Å². The molecule has 1 atom stereocenters. The van der Waals surface area contributed by atoms with Gasteiger partial charge in [0.05, 0.1) is 22.9 Å². The van der Waals surface area contributed by atoms with Crippen molar-refractivity contribution in [2.24, 2.45) is 11.7 Å². The number of thiophene rings is 1. The molecule has 2 N–H and O–H groups in total. The zero-order chi connectivity index (χ0) is 15.2. The Morgan fingerprint density at radius 1 is 1.62 bits per heavy atom. The van der Waals surface area contributed by atoms with Crippen molar-refractivity contribution >= 4 is 17.2 Å². The topological polar surface area (TPSA) is 55.6 Å². The fourth-order valence-corrected chi connectivity index (χ4v) is 3.64. The van der Waals surface area contributed by atoms with Crippen LogP contribution in [0, 0.1) is 24.7 Å². The van der Waals surface area contributed by atoms with Crippen LogP contribution in [0.2, 0.25) is 0 Å². The summed E-state index contributed by atoms with van der Waals surface area (Å²) in [6.07, 6.45) is 2.18. The number of piperidine rings is 1. The van der Waals surface area contributed by atoms with E-state index in [4.69, 9.17) is 10.5 Å². The molecule has 1 aliphatic heterocycles. The van der Waals surface area contributed by atoms with Gasteiger partial charge in [-0.05, 0) is 37.3 Å². The van der Waals surface area contributed by atoms with E-state index in [1.807, 2.05) is 17.9 Å². The number of likely N-dealkylation sites (tertiary alicyclic amines) is 1. The molecule has 0 saturated carbocycles. The number of nitrogens with zero attached hydrogens (tertiary/aromatic N) is 1. The smallest absolute Gasteiger partial charge is 0.263 e. The maximum absolute atomic E-state index is 12.6. The van der Waals surface area contributed by atoms with Crippen LogP contribution in [0.3, 0.4) is 0 Å². The van der Waals surface area contributed by atoms with Crippen LogP contribution in [-0.2, 0) is 4.74 Å². The van der Waals surface area contributed by atoms with E-state index in [0.717, 1.165) is 47.9 Å². The summed E-state index contributed by atoms with van der Waals surface area (Å²) in [6.45, 7) is 4.66. The Bertz CT molecular complexity index is 554. The van der Waals surface area contributed by atoms with Gasteiger partial charge < -0.3 is 15.4 Å². The van der Waals surface area contributed by atoms with Gasteiger partial charge in [0.25, 0.3) is 5.91 Å². The first-order chi connectivity index (χ1) is 10.2. The van der Waals surface area contributed by atoms with Crippen molar-refractivity contribution in [3.8, 4) is 11.8 Å². The molecule has 1 aliphatic rings. The predicted molar refractivity (Wildman–Crippen MR) is 85.5 cm³/mol. The molecule has 0 radical (unpaired) electrons. The van der Waals surface area contributed by atoms with Crippen molar-refractivity contribution < 1.29 is 9.53 Å². The Morgan fingerprint density at radius 3 is 3.14 bits per heavy atom. The van der Waals surface area contributed by atoms with Gasteiger partial charge in [-0.25, -0.2) is 0 Å². The third-order valence-electron chi connectivity index (χ3n) is 3.64. The van der Waals surface area contributed by atoms with E-state index in [1.165, 1.54) is 11.3 Å². The van der Waals surface area contributed by atoms with Gasteiger partial charge in [0, 0.05) is 20.2 Å². The SMILES string of the molecule is COCC1CCCN(C(=O)c2cc(C)c(C#CCN)s2)C1. The highest BCUT2D eigenvalue weighted by molar-refractivity contribution is 7.14. The van der Waals surface area contributed by atoms with E-state index in [0.29, 0.717) is 12.5 Å². The first-order valence-electron chi connectivity index (χ1n) is 7.23. The third-order valence-corrected chi connectivity index (χ3v) is 4.78. The summed E-state index contributed by atoms with van der Waals surface area (Å²) in [6, 6.07) is 1.94. The zero-order valence-corrected chi connectivity index (χ0v) is 13.5. The normalized spacial score (nSPS) is 18.2. The summed E-state index contributed by atoms with van der Waals surface area (Å²) < 4.78 is 5.22. The molecule has 0 aliphatic carbocycles. The maximum Gasteiger partial charge on any atom is 0.263 e. The van der Waals surface area contributed by atoms with Crippen LogP contribution in [0.15, 0.2) is 6.07 Å². The number of amides is 1. The number of ether oxygens (including phenoxy) is 1. The molecule has 2 rings (SSSR count). The quantitative estimate of drug-likeness (QED) is 0.867. The van der Waals surface area contributed by atoms with Crippen molar-refractivity contribution in [1.29, 1.82) is 0 Å². The van der Waals surface area contributed by atoms with Gasteiger partial charge in [-0.1, -0.05) is 11.8 Å². The van der Waals surface area contributed by atoms with Gasteiger partial charge in [0.2, 0.25) is 0 Å².